The van der Waals surface area contributed by atoms with Crippen LogP contribution in [0.25, 0.3) is 0 Å². The second kappa shape index (κ2) is 5.00. The van der Waals surface area contributed by atoms with Gasteiger partial charge in [-0.05, 0) is 35.9 Å². The Morgan fingerprint density at radius 3 is 3.00 bits per heavy atom. The Balaban J connectivity index is 2.81. The highest BCUT2D eigenvalue weighted by molar-refractivity contribution is 14.1. The van der Waals surface area contributed by atoms with Crippen LogP contribution in [0.2, 0.25) is 5.15 Å². The van der Waals surface area contributed by atoms with Gasteiger partial charge in [-0.15, -0.1) is 0 Å². The minimum atomic E-state index is 0.215. The molecule has 1 atom stereocenters. The SMILES string of the molecule is CCC(C)Oc1cc(Cl)ncc1I. The first-order valence-corrected chi connectivity index (χ1v) is 5.57. The summed E-state index contributed by atoms with van der Waals surface area (Å²) in [4.78, 5) is 3.95. The third kappa shape index (κ3) is 3.31. The van der Waals surface area contributed by atoms with Crippen LogP contribution in [0.5, 0.6) is 5.75 Å². The highest BCUT2D eigenvalue weighted by atomic mass is 127. The monoisotopic (exact) mass is 311 g/mol. The number of rotatable bonds is 3. The van der Waals surface area contributed by atoms with E-state index in [1.807, 2.05) is 6.92 Å². The van der Waals surface area contributed by atoms with Gasteiger partial charge in [-0.3, -0.25) is 0 Å². The second-order valence-corrected chi connectivity index (χ2v) is 4.32. The number of halogens is 2. The number of aromatic nitrogens is 1. The summed E-state index contributed by atoms with van der Waals surface area (Å²) in [5.41, 5.74) is 0. The highest BCUT2D eigenvalue weighted by Crippen LogP contribution is 2.24. The number of ether oxygens (including phenoxy) is 1. The predicted molar refractivity (Wildman–Crippen MR) is 62.3 cm³/mol. The largest absolute Gasteiger partial charge is 0.489 e. The van der Waals surface area contributed by atoms with Gasteiger partial charge in [-0.2, -0.15) is 0 Å². The van der Waals surface area contributed by atoms with Crippen LogP contribution in [-0.2, 0) is 0 Å². The molecule has 0 amide bonds. The van der Waals surface area contributed by atoms with Gasteiger partial charge in [0.1, 0.15) is 10.9 Å². The maximum Gasteiger partial charge on any atom is 0.137 e. The first kappa shape index (κ1) is 11.0. The molecular formula is C9H11ClINO. The van der Waals surface area contributed by atoms with Crippen molar-refractivity contribution in [3.63, 3.8) is 0 Å². The molecule has 4 heteroatoms. The van der Waals surface area contributed by atoms with Crippen LogP contribution in [-0.4, -0.2) is 11.1 Å². The van der Waals surface area contributed by atoms with Crippen LogP contribution in [0.15, 0.2) is 12.3 Å². The van der Waals surface area contributed by atoms with E-state index in [4.69, 9.17) is 16.3 Å². The normalized spacial score (nSPS) is 12.6. The molecule has 0 radical (unpaired) electrons. The fourth-order valence-corrected chi connectivity index (χ4v) is 1.36. The Morgan fingerprint density at radius 1 is 1.69 bits per heavy atom. The molecule has 0 spiro atoms. The van der Waals surface area contributed by atoms with Crippen molar-refractivity contribution in [1.82, 2.24) is 4.98 Å². The van der Waals surface area contributed by atoms with Gasteiger partial charge < -0.3 is 4.74 Å². The molecule has 1 heterocycles. The van der Waals surface area contributed by atoms with Crippen LogP contribution in [0.3, 0.4) is 0 Å². The van der Waals surface area contributed by atoms with Crippen molar-refractivity contribution in [3.05, 3.63) is 21.0 Å². The lowest BCUT2D eigenvalue weighted by atomic mass is 10.3. The van der Waals surface area contributed by atoms with E-state index in [2.05, 4.69) is 34.5 Å². The van der Waals surface area contributed by atoms with Crippen LogP contribution in [0.4, 0.5) is 0 Å². The molecule has 0 saturated carbocycles. The summed E-state index contributed by atoms with van der Waals surface area (Å²) in [5.74, 6) is 0.815. The predicted octanol–water partition coefficient (Wildman–Crippen LogP) is 3.52. The third-order valence-electron chi connectivity index (χ3n) is 1.69. The number of pyridine rings is 1. The van der Waals surface area contributed by atoms with E-state index in [9.17, 15) is 0 Å². The Kier molecular flexibility index (Phi) is 4.25. The Morgan fingerprint density at radius 2 is 2.38 bits per heavy atom. The molecule has 2 nitrogen and oxygen atoms in total. The number of nitrogens with zero attached hydrogens (tertiary/aromatic N) is 1. The lowest BCUT2D eigenvalue weighted by Gasteiger charge is -2.13. The molecule has 0 aliphatic carbocycles. The van der Waals surface area contributed by atoms with E-state index in [0.717, 1.165) is 15.7 Å². The van der Waals surface area contributed by atoms with Crippen molar-refractivity contribution in [2.24, 2.45) is 0 Å². The molecule has 13 heavy (non-hydrogen) atoms. The molecule has 0 aliphatic heterocycles. The molecule has 0 aromatic carbocycles. The molecule has 72 valence electrons. The maximum absolute atomic E-state index is 5.75. The van der Waals surface area contributed by atoms with Crippen molar-refractivity contribution in [1.29, 1.82) is 0 Å². The van der Waals surface area contributed by atoms with Crippen LogP contribution < -0.4 is 4.74 Å². The van der Waals surface area contributed by atoms with Crippen molar-refractivity contribution in [3.8, 4) is 5.75 Å². The summed E-state index contributed by atoms with van der Waals surface area (Å²) in [6.45, 7) is 4.12. The molecular weight excluding hydrogens is 300 g/mol. The minimum Gasteiger partial charge on any atom is -0.489 e. The number of hydrogen-bond acceptors (Lipinski definition) is 2. The molecule has 0 bridgehead atoms. The Labute approximate surface area is 96.8 Å². The van der Waals surface area contributed by atoms with Crippen molar-refractivity contribution >= 4 is 34.2 Å². The summed E-state index contributed by atoms with van der Waals surface area (Å²) < 4.78 is 6.63. The topological polar surface area (TPSA) is 22.1 Å². The molecule has 1 rings (SSSR count). The van der Waals surface area contributed by atoms with Crippen LogP contribution in [0.1, 0.15) is 20.3 Å². The first-order valence-electron chi connectivity index (χ1n) is 4.11. The lowest BCUT2D eigenvalue weighted by Crippen LogP contribution is -2.10. The zero-order valence-corrected chi connectivity index (χ0v) is 10.5. The fraction of sp³-hybridized carbons (Fsp3) is 0.444. The van der Waals surface area contributed by atoms with Crippen molar-refractivity contribution in [2.45, 2.75) is 26.4 Å². The van der Waals surface area contributed by atoms with Gasteiger partial charge in [0.15, 0.2) is 0 Å². The molecule has 0 fully saturated rings. The van der Waals surface area contributed by atoms with E-state index >= 15 is 0 Å². The third-order valence-corrected chi connectivity index (χ3v) is 2.71. The maximum atomic E-state index is 5.75. The summed E-state index contributed by atoms with van der Waals surface area (Å²) in [6, 6.07) is 1.75. The lowest BCUT2D eigenvalue weighted by molar-refractivity contribution is 0.215. The standard InChI is InChI=1S/C9H11ClINO/c1-3-6(2)13-8-4-9(10)12-5-7(8)11/h4-6H,3H2,1-2H3. The average molecular weight is 312 g/mol. The molecule has 1 aromatic rings. The van der Waals surface area contributed by atoms with Gasteiger partial charge in [-0.1, -0.05) is 18.5 Å². The molecule has 0 saturated heterocycles. The van der Waals surface area contributed by atoms with Gasteiger partial charge in [0.25, 0.3) is 0 Å². The van der Waals surface area contributed by atoms with Gasteiger partial charge in [0.05, 0.1) is 9.67 Å². The van der Waals surface area contributed by atoms with Gasteiger partial charge in [0, 0.05) is 12.3 Å². The van der Waals surface area contributed by atoms with E-state index in [0.29, 0.717) is 5.15 Å². The zero-order valence-electron chi connectivity index (χ0n) is 7.55. The van der Waals surface area contributed by atoms with Crippen LogP contribution in [0, 0.1) is 3.57 Å². The minimum absolute atomic E-state index is 0.215. The summed E-state index contributed by atoms with van der Waals surface area (Å²) >= 11 is 7.93. The van der Waals surface area contributed by atoms with Crippen molar-refractivity contribution < 1.29 is 4.74 Å². The second-order valence-electron chi connectivity index (χ2n) is 2.77. The van der Waals surface area contributed by atoms with Gasteiger partial charge >= 0.3 is 0 Å². The Bertz CT molecular complexity index is 293. The molecule has 1 aromatic heterocycles. The van der Waals surface area contributed by atoms with Gasteiger partial charge in [-0.25, -0.2) is 4.98 Å². The van der Waals surface area contributed by atoms with E-state index in [-0.39, 0.29) is 6.10 Å². The number of hydrogen-bond donors (Lipinski definition) is 0. The van der Waals surface area contributed by atoms with E-state index in [1.54, 1.807) is 12.3 Å². The van der Waals surface area contributed by atoms with Gasteiger partial charge in [0.2, 0.25) is 0 Å². The quantitative estimate of drug-likeness (QED) is 0.629. The van der Waals surface area contributed by atoms with Crippen molar-refractivity contribution in [2.75, 3.05) is 0 Å². The molecule has 0 N–H and O–H groups in total. The van der Waals surface area contributed by atoms with Crippen LogP contribution >= 0.6 is 34.2 Å². The van der Waals surface area contributed by atoms with E-state index in [1.165, 1.54) is 0 Å². The summed E-state index contributed by atoms with van der Waals surface area (Å²) in [5, 5.41) is 0.471. The summed E-state index contributed by atoms with van der Waals surface area (Å²) in [6.07, 6.45) is 2.91. The first-order chi connectivity index (χ1) is 6.13. The average Bonchev–Trinajstić information content (AvgIpc) is 2.11. The molecule has 1 unspecified atom stereocenters. The molecule has 0 aliphatic rings. The zero-order chi connectivity index (χ0) is 9.84. The van der Waals surface area contributed by atoms with E-state index < -0.39 is 0 Å². The highest BCUT2D eigenvalue weighted by Gasteiger charge is 2.06. The smallest absolute Gasteiger partial charge is 0.137 e. The Hall–Kier alpha value is -0.0300. The fourth-order valence-electron chi connectivity index (χ4n) is 0.787. The summed E-state index contributed by atoms with van der Waals surface area (Å²) in [7, 11) is 0.